The van der Waals surface area contributed by atoms with E-state index in [0.717, 1.165) is 11.4 Å². The molecule has 0 aliphatic heterocycles. The van der Waals surface area contributed by atoms with Crippen molar-refractivity contribution in [3.63, 3.8) is 0 Å². The van der Waals surface area contributed by atoms with Crippen molar-refractivity contribution in [3.05, 3.63) is 233 Å². The number of nitrogens with zero attached hydrogens (tertiary/aromatic N) is 2. The van der Waals surface area contributed by atoms with Crippen molar-refractivity contribution in [2.45, 2.75) is 36.5 Å². The van der Waals surface area contributed by atoms with E-state index in [2.05, 4.69) is 190 Å². The molecule has 6 aromatic carbocycles. The van der Waals surface area contributed by atoms with Crippen molar-refractivity contribution in [2.24, 2.45) is 4.99 Å². The Hall–Kier alpha value is -3.76. The third-order valence-electron chi connectivity index (χ3n) is 9.88. The molecule has 0 saturated heterocycles. The number of halogens is 2. The first-order valence-electron chi connectivity index (χ1n) is 17.4. The molecule has 0 spiro atoms. The molecule has 0 amide bonds. The van der Waals surface area contributed by atoms with Gasteiger partial charge in [0.15, 0.2) is 0 Å². The predicted octanol–water partition coefficient (Wildman–Crippen LogP) is 13.3. The van der Waals surface area contributed by atoms with E-state index in [4.69, 9.17) is 0 Å². The summed E-state index contributed by atoms with van der Waals surface area (Å²) in [6.07, 6.45) is 3.54. The summed E-state index contributed by atoms with van der Waals surface area (Å²) in [4.78, 5) is 8.47. The number of benzene rings is 6. The summed E-state index contributed by atoms with van der Waals surface area (Å²) in [5, 5.41) is 0. The number of hydrogen-bond donors (Lipinski definition) is 0. The maximum atomic E-state index is 4.36. The molecule has 0 N–H and O–H groups in total. The van der Waals surface area contributed by atoms with Gasteiger partial charge in [0.1, 0.15) is 0 Å². The van der Waals surface area contributed by atoms with Gasteiger partial charge in [-0.2, -0.15) is 6.20 Å². The van der Waals surface area contributed by atoms with Crippen LogP contribution < -0.4 is 4.98 Å². The summed E-state index contributed by atoms with van der Waals surface area (Å²) in [5.41, 5.74) is 10.2. The van der Waals surface area contributed by atoms with Crippen LogP contribution in [0.5, 0.6) is 0 Å². The van der Waals surface area contributed by atoms with Crippen molar-refractivity contribution in [3.8, 4) is 0 Å². The Morgan fingerprint density at radius 1 is 0.453 bits per heavy atom. The van der Waals surface area contributed by atoms with E-state index in [1.807, 2.05) is 43.3 Å². The predicted molar refractivity (Wildman–Crippen MR) is 222 cm³/mol. The number of aromatic nitrogens is 1. The van der Waals surface area contributed by atoms with Crippen molar-refractivity contribution in [1.29, 1.82) is 0 Å². The molecule has 271 valence electrons. The zero-order chi connectivity index (χ0) is 36.0. The summed E-state index contributed by atoms with van der Waals surface area (Å²) in [6.45, 7) is 2.05. The maximum absolute atomic E-state index is 4.36. The van der Waals surface area contributed by atoms with Gasteiger partial charge < -0.3 is 4.98 Å². The summed E-state index contributed by atoms with van der Waals surface area (Å²) in [6, 6.07) is 68.0. The Bertz CT molecular complexity index is 1800. The van der Waals surface area contributed by atoms with Crippen LogP contribution in [0.2, 0.25) is 0 Å². The monoisotopic (exact) mass is 905 g/mol. The first-order chi connectivity index (χ1) is 25.7. The van der Waals surface area contributed by atoms with E-state index in [1.54, 1.807) is 12.4 Å². The standard InChI is InChI=1S/C35H30.C12H11N2.2BrH.Fe.Ni/c1-6-16-26(17-7-1)31-32(27-18-8-2-9-19-27)34(29-22-12-4-13-23-29)35(30-24-14-5-15-25-30)33(31)28-20-10-3-11-21-28;1-10-5-2-3-7-12(10)14-9-11-6-4-8-13-11;;;;/h1-25,31-35H;2-9H,1H3;2*1H;;/q;-1;;;;+3/p-2. The normalized spacial score (nSPS) is 19.0. The van der Waals surface area contributed by atoms with Crippen LogP contribution in [0.3, 0.4) is 0 Å². The van der Waals surface area contributed by atoms with Crippen LogP contribution in [0.15, 0.2) is 199 Å². The van der Waals surface area contributed by atoms with E-state index in [1.165, 1.54) is 44.3 Å². The van der Waals surface area contributed by atoms with Gasteiger partial charge in [0.25, 0.3) is 0 Å². The minimum Gasteiger partial charge on any atom is -0.0622 e. The molecular weight excluding hydrogens is 867 g/mol. The molecule has 1 aliphatic rings. The Labute approximate surface area is 345 Å². The largest absolute Gasteiger partial charge is 0.0622 e. The summed E-state index contributed by atoms with van der Waals surface area (Å²) in [5.74, 6) is 1.79. The van der Waals surface area contributed by atoms with E-state index in [-0.39, 0.29) is 17.1 Å². The number of aliphatic imine (C=N–C) groups is 1. The molecule has 1 heterocycles. The van der Waals surface area contributed by atoms with Crippen LogP contribution >= 0.6 is 28.5 Å². The second-order valence-electron chi connectivity index (χ2n) is 12.8. The molecule has 1 fully saturated rings. The molecule has 1 aliphatic carbocycles. The number of hydrogen-bond acceptors (Lipinski definition) is 1. The average molecular weight is 908 g/mol. The fourth-order valence-electron chi connectivity index (χ4n) is 7.80. The van der Waals surface area contributed by atoms with Crippen LogP contribution in [0.4, 0.5) is 5.69 Å². The first-order valence-corrected chi connectivity index (χ1v) is 22.3. The summed E-state index contributed by atoms with van der Waals surface area (Å²) >= 11 is 6.00. The third kappa shape index (κ3) is 10.5. The Kier molecular flexibility index (Phi) is 16.2. The molecule has 0 atom stereocenters. The van der Waals surface area contributed by atoms with Crippen LogP contribution in [0.25, 0.3) is 0 Å². The van der Waals surface area contributed by atoms with Crippen molar-refractivity contribution in [2.75, 3.05) is 0 Å². The minimum atomic E-state index is 0. The zero-order valence-electron chi connectivity index (χ0n) is 29.3. The van der Waals surface area contributed by atoms with Gasteiger partial charge in [0.2, 0.25) is 0 Å². The SMILES string of the molecule is Cc1ccccc1N=Cc1ccc[n-]1.[Br][Ni+][Br].[Fe].c1ccc(C2C(c3ccccc3)C(c3ccccc3)C(c3ccccc3)C2c2ccccc2)cc1. The van der Waals surface area contributed by atoms with Crippen LogP contribution in [-0.4, -0.2) is 6.21 Å². The summed E-state index contributed by atoms with van der Waals surface area (Å²) < 4.78 is 0. The van der Waals surface area contributed by atoms with E-state index in [0.29, 0.717) is 29.6 Å². The molecule has 2 nitrogen and oxygen atoms in total. The average Bonchev–Trinajstić information content (AvgIpc) is 3.87. The topological polar surface area (TPSA) is 26.5 Å². The van der Waals surface area contributed by atoms with Crippen molar-refractivity contribution in [1.82, 2.24) is 4.98 Å². The molecule has 1 saturated carbocycles. The van der Waals surface area contributed by atoms with Gasteiger partial charge in [0, 0.05) is 23.3 Å². The van der Waals surface area contributed by atoms with Crippen LogP contribution in [-0.2, 0) is 28.0 Å². The molecule has 0 bridgehead atoms. The zero-order valence-corrected chi connectivity index (χ0v) is 34.5. The molecule has 0 unspecified atom stereocenters. The van der Waals surface area contributed by atoms with Gasteiger partial charge >= 0.3 is 39.3 Å². The molecule has 7 aromatic rings. The molecule has 0 radical (unpaired) electrons. The fraction of sp³-hybridized carbons (Fsp3) is 0.128. The second kappa shape index (κ2) is 21.2. The maximum Gasteiger partial charge on any atom is 0 e. The molecule has 6 heteroatoms. The molecule has 8 rings (SSSR count). The first kappa shape index (κ1) is 40.4. The quantitative estimate of drug-likeness (QED) is 0.116. The van der Waals surface area contributed by atoms with Gasteiger partial charge in [-0.05, 0) is 76.0 Å². The van der Waals surface area contributed by atoms with Crippen LogP contribution in [0.1, 0.15) is 68.7 Å². The van der Waals surface area contributed by atoms with E-state index >= 15 is 0 Å². The van der Waals surface area contributed by atoms with Gasteiger partial charge in [0.05, 0.1) is 5.69 Å². The van der Waals surface area contributed by atoms with Crippen molar-refractivity contribution >= 4 is 40.4 Å². The van der Waals surface area contributed by atoms with Gasteiger partial charge in [-0.3, -0.25) is 4.99 Å². The second-order valence-corrected chi connectivity index (χ2v) is 17.8. The Morgan fingerprint density at radius 2 is 0.755 bits per heavy atom. The smallest absolute Gasteiger partial charge is 0 e. The number of rotatable bonds is 7. The fourth-order valence-corrected chi connectivity index (χ4v) is 7.80. The minimum absolute atomic E-state index is 0. The van der Waals surface area contributed by atoms with Crippen molar-refractivity contribution < 1.29 is 28.0 Å². The summed E-state index contributed by atoms with van der Waals surface area (Å²) in [7, 11) is 1.25. The molecule has 1 aromatic heterocycles. The molecular formula is C47H41Br2FeN2Ni. The Morgan fingerprint density at radius 3 is 1.04 bits per heavy atom. The Balaban J connectivity index is 0.000000251. The number of para-hydroxylation sites is 1. The van der Waals surface area contributed by atoms with E-state index in [9.17, 15) is 0 Å². The van der Waals surface area contributed by atoms with Gasteiger partial charge in [-0.25, -0.2) is 0 Å². The molecule has 53 heavy (non-hydrogen) atoms. The number of aryl methyl sites for hydroxylation is 1. The van der Waals surface area contributed by atoms with Crippen LogP contribution in [0, 0.1) is 6.92 Å². The van der Waals surface area contributed by atoms with Gasteiger partial charge in [-0.1, -0.05) is 182 Å². The third-order valence-corrected chi connectivity index (χ3v) is 9.88. The van der Waals surface area contributed by atoms with E-state index < -0.39 is 0 Å². The van der Waals surface area contributed by atoms with Gasteiger partial charge in [-0.15, -0.1) is 5.69 Å².